The number of benzene rings is 2. The van der Waals surface area contributed by atoms with Crippen molar-refractivity contribution in [2.75, 3.05) is 13.2 Å². The predicted molar refractivity (Wildman–Crippen MR) is 80.1 cm³/mol. The van der Waals surface area contributed by atoms with Crippen LogP contribution in [-0.2, 0) is 15.9 Å². The van der Waals surface area contributed by atoms with Gasteiger partial charge in [-0.15, -0.1) is 0 Å². The average Bonchev–Trinajstić information content (AvgIpc) is 3.17. The van der Waals surface area contributed by atoms with Crippen LogP contribution in [-0.4, -0.2) is 13.2 Å². The molecule has 4 rings (SSSR count). The van der Waals surface area contributed by atoms with E-state index in [0.29, 0.717) is 19.6 Å². The summed E-state index contributed by atoms with van der Waals surface area (Å²) in [5.41, 5.74) is 2.85. The second-order valence-corrected chi connectivity index (χ2v) is 5.39. The van der Waals surface area contributed by atoms with Crippen LogP contribution in [0.3, 0.4) is 0 Å². The van der Waals surface area contributed by atoms with Gasteiger partial charge in [0.25, 0.3) is 0 Å². The lowest BCUT2D eigenvalue weighted by Gasteiger charge is -2.08. The molecule has 0 saturated carbocycles. The van der Waals surface area contributed by atoms with Crippen molar-refractivity contribution in [3.8, 4) is 0 Å². The van der Waals surface area contributed by atoms with Crippen LogP contribution in [0.1, 0.15) is 23.2 Å². The van der Waals surface area contributed by atoms with Crippen molar-refractivity contribution in [1.29, 1.82) is 0 Å². The number of hydrogen-bond acceptors (Lipinski definition) is 3. The van der Waals surface area contributed by atoms with Crippen LogP contribution < -0.4 is 0 Å². The number of furan rings is 1. The number of halogens is 1. The molecule has 3 aromatic rings. The molecule has 3 nitrogen and oxygen atoms in total. The molecule has 0 spiro atoms. The van der Waals surface area contributed by atoms with Crippen LogP contribution in [0.2, 0.25) is 0 Å². The average molecular weight is 298 g/mol. The Balaban J connectivity index is 1.61. The summed E-state index contributed by atoms with van der Waals surface area (Å²) in [4.78, 5) is 0. The fraction of sp³-hybridized carbons (Fsp3) is 0.222. The summed E-state index contributed by atoms with van der Waals surface area (Å²) in [6.07, 6.45) is 0.362. The highest BCUT2D eigenvalue weighted by Gasteiger charge is 2.19. The summed E-state index contributed by atoms with van der Waals surface area (Å²) in [5.74, 6) is 0.626. The van der Waals surface area contributed by atoms with Gasteiger partial charge in [-0.1, -0.05) is 18.2 Å². The van der Waals surface area contributed by atoms with E-state index >= 15 is 0 Å². The third-order valence-corrected chi connectivity index (χ3v) is 3.78. The van der Waals surface area contributed by atoms with Crippen LogP contribution in [0.15, 0.2) is 52.9 Å². The monoisotopic (exact) mass is 298 g/mol. The summed E-state index contributed by atoms with van der Waals surface area (Å²) >= 11 is 0. The topological polar surface area (TPSA) is 31.6 Å². The molecule has 1 aliphatic rings. The molecule has 1 aromatic heterocycles. The summed E-state index contributed by atoms with van der Waals surface area (Å²) in [6, 6.07) is 14.4. The van der Waals surface area contributed by atoms with E-state index in [2.05, 4.69) is 0 Å². The molecule has 0 N–H and O–H groups in total. The van der Waals surface area contributed by atoms with E-state index in [1.807, 2.05) is 24.3 Å². The Hall–Kier alpha value is -2.17. The molecule has 2 aromatic carbocycles. The van der Waals surface area contributed by atoms with E-state index in [1.165, 1.54) is 12.1 Å². The van der Waals surface area contributed by atoms with Crippen molar-refractivity contribution in [1.82, 2.24) is 0 Å². The summed E-state index contributed by atoms with van der Waals surface area (Å²) in [6.45, 7) is 1.26. The standard InChI is InChI=1S/C18H15FO3/c19-15-4-1-12(2-5-15)9-16-11-14-10-13(3-6-17(14)22-16)18-20-7-8-21-18/h1-6,10-11,18H,7-9H2. The molecule has 1 saturated heterocycles. The van der Waals surface area contributed by atoms with E-state index in [-0.39, 0.29) is 12.1 Å². The van der Waals surface area contributed by atoms with Gasteiger partial charge in [0, 0.05) is 17.4 Å². The van der Waals surface area contributed by atoms with Gasteiger partial charge in [0.05, 0.1) is 13.2 Å². The van der Waals surface area contributed by atoms with Crippen LogP contribution in [0, 0.1) is 5.82 Å². The van der Waals surface area contributed by atoms with Gasteiger partial charge in [-0.05, 0) is 35.9 Å². The fourth-order valence-electron chi connectivity index (χ4n) is 2.70. The molecule has 0 amide bonds. The maximum Gasteiger partial charge on any atom is 0.184 e. The lowest BCUT2D eigenvalue weighted by molar-refractivity contribution is -0.0440. The van der Waals surface area contributed by atoms with Crippen LogP contribution in [0.4, 0.5) is 4.39 Å². The van der Waals surface area contributed by atoms with Gasteiger partial charge in [-0.2, -0.15) is 0 Å². The molecule has 0 aliphatic carbocycles. The van der Waals surface area contributed by atoms with Crippen molar-refractivity contribution in [3.63, 3.8) is 0 Å². The van der Waals surface area contributed by atoms with Crippen molar-refractivity contribution < 1.29 is 18.3 Å². The molecule has 0 radical (unpaired) electrons. The fourth-order valence-corrected chi connectivity index (χ4v) is 2.70. The smallest absolute Gasteiger partial charge is 0.184 e. The van der Waals surface area contributed by atoms with Crippen molar-refractivity contribution in [3.05, 3.63) is 71.2 Å². The first-order valence-corrected chi connectivity index (χ1v) is 7.28. The zero-order valence-corrected chi connectivity index (χ0v) is 11.9. The van der Waals surface area contributed by atoms with Gasteiger partial charge in [0.1, 0.15) is 17.2 Å². The maximum absolute atomic E-state index is 12.9. The number of ether oxygens (including phenoxy) is 2. The third-order valence-electron chi connectivity index (χ3n) is 3.78. The lowest BCUT2D eigenvalue weighted by Crippen LogP contribution is -1.96. The highest BCUT2D eigenvalue weighted by Crippen LogP contribution is 2.28. The van der Waals surface area contributed by atoms with E-state index in [4.69, 9.17) is 13.9 Å². The highest BCUT2D eigenvalue weighted by molar-refractivity contribution is 5.78. The largest absolute Gasteiger partial charge is 0.461 e. The van der Waals surface area contributed by atoms with Crippen LogP contribution in [0.5, 0.6) is 0 Å². The Morgan fingerprint density at radius 2 is 1.73 bits per heavy atom. The Labute approximate surface area is 127 Å². The van der Waals surface area contributed by atoms with Gasteiger partial charge in [0.2, 0.25) is 0 Å². The zero-order chi connectivity index (χ0) is 14.9. The number of fused-ring (bicyclic) bond motifs is 1. The molecule has 0 unspecified atom stereocenters. The molecular formula is C18H15FO3. The highest BCUT2D eigenvalue weighted by atomic mass is 19.1. The molecule has 1 aliphatic heterocycles. The number of rotatable bonds is 3. The van der Waals surface area contributed by atoms with Crippen LogP contribution in [0.25, 0.3) is 11.0 Å². The molecule has 22 heavy (non-hydrogen) atoms. The Bertz CT molecular complexity index is 786. The van der Waals surface area contributed by atoms with Gasteiger partial charge in [-0.3, -0.25) is 0 Å². The minimum absolute atomic E-state index is 0.227. The van der Waals surface area contributed by atoms with Gasteiger partial charge >= 0.3 is 0 Å². The van der Waals surface area contributed by atoms with Gasteiger partial charge in [-0.25, -0.2) is 4.39 Å². The Kier molecular flexibility index (Phi) is 3.41. The van der Waals surface area contributed by atoms with Gasteiger partial charge < -0.3 is 13.9 Å². The SMILES string of the molecule is Fc1ccc(Cc2cc3cc(C4OCCO4)ccc3o2)cc1. The summed E-state index contributed by atoms with van der Waals surface area (Å²) in [7, 11) is 0. The molecular weight excluding hydrogens is 283 g/mol. The van der Waals surface area contributed by atoms with E-state index in [0.717, 1.165) is 27.9 Å². The minimum Gasteiger partial charge on any atom is -0.461 e. The van der Waals surface area contributed by atoms with Crippen molar-refractivity contribution in [2.24, 2.45) is 0 Å². The van der Waals surface area contributed by atoms with Crippen molar-refractivity contribution in [2.45, 2.75) is 12.7 Å². The first kappa shape index (κ1) is 13.5. The number of hydrogen-bond donors (Lipinski definition) is 0. The molecule has 1 fully saturated rings. The molecule has 112 valence electrons. The zero-order valence-electron chi connectivity index (χ0n) is 11.9. The second-order valence-electron chi connectivity index (χ2n) is 5.39. The maximum atomic E-state index is 12.9. The lowest BCUT2D eigenvalue weighted by atomic mass is 10.1. The Morgan fingerprint density at radius 1 is 0.955 bits per heavy atom. The second kappa shape index (κ2) is 5.55. The molecule has 0 bridgehead atoms. The first-order valence-electron chi connectivity index (χ1n) is 7.28. The molecule has 4 heteroatoms. The van der Waals surface area contributed by atoms with E-state index < -0.39 is 0 Å². The van der Waals surface area contributed by atoms with E-state index in [1.54, 1.807) is 12.1 Å². The quantitative estimate of drug-likeness (QED) is 0.726. The minimum atomic E-state index is -0.278. The molecule has 2 heterocycles. The van der Waals surface area contributed by atoms with Crippen molar-refractivity contribution >= 4 is 11.0 Å². The summed E-state index contributed by atoms with van der Waals surface area (Å²) < 4.78 is 29.8. The van der Waals surface area contributed by atoms with Gasteiger partial charge in [0.15, 0.2) is 6.29 Å². The Morgan fingerprint density at radius 3 is 2.50 bits per heavy atom. The predicted octanol–water partition coefficient (Wildman–Crippen LogP) is 4.21. The summed E-state index contributed by atoms with van der Waals surface area (Å²) in [5, 5.41) is 1.02. The van der Waals surface area contributed by atoms with E-state index in [9.17, 15) is 4.39 Å². The van der Waals surface area contributed by atoms with Crippen LogP contribution >= 0.6 is 0 Å². The molecule has 0 atom stereocenters. The first-order chi connectivity index (χ1) is 10.8. The third kappa shape index (κ3) is 2.63. The normalized spacial score (nSPS) is 15.7.